The summed E-state index contributed by atoms with van der Waals surface area (Å²) in [4.78, 5) is 13.6. The Hall–Kier alpha value is -1.19. The van der Waals surface area contributed by atoms with Gasteiger partial charge in [0, 0.05) is 12.2 Å². The van der Waals surface area contributed by atoms with Crippen LogP contribution in [0.15, 0.2) is 11.4 Å². The number of allylic oxidation sites excluding steroid dienone is 1. The highest BCUT2D eigenvalue weighted by Crippen LogP contribution is 2.26. The van der Waals surface area contributed by atoms with Gasteiger partial charge in [0.05, 0.1) is 13.3 Å². The molecule has 2 aliphatic rings. The molecule has 0 aromatic rings. The molecule has 4 nitrogen and oxygen atoms in total. The highest BCUT2D eigenvalue weighted by Gasteiger charge is 2.30. The molecule has 0 radical (unpaired) electrons. The second-order valence-corrected chi connectivity index (χ2v) is 3.24. The molecule has 2 aliphatic heterocycles. The molecule has 2 heterocycles. The molecule has 1 saturated heterocycles. The van der Waals surface area contributed by atoms with Gasteiger partial charge in [0.15, 0.2) is 0 Å². The molecule has 0 aliphatic carbocycles. The fourth-order valence-electron chi connectivity index (χ4n) is 1.86. The molecule has 72 valence electrons. The van der Waals surface area contributed by atoms with Crippen LogP contribution in [0.2, 0.25) is 0 Å². The van der Waals surface area contributed by atoms with Gasteiger partial charge in [-0.2, -0.15) is 0 Å². The highest BCUT2D eigenvalue weighted by atomic mass is 16.5. The zero-order valence-electron chi connectivity index (χ0n) is 7.80. The van der Waals surface area contributed by atoms with Crippen molar-refractivity contribution in [3.8, 4) is 0 Å². The van der Waals surface area contributed by atoms with Crippen LogP contribution in [0, 0.1) is 0 Å². The van der Waals surface area contributed by atoms with Crippen LogP contribution in [0.4, 0.5) is 0 Å². The Balaban J connectivity index is 2.13. The SMILES string of the molecule is CCOC(=O)C1=C2CCCN2CN1. The lowest BCUT2D eigenvalue weighted by Crippen LogP contribution is -2.23. The van der Waals surface area contributed by atoms with Crippen LogP contribution in [-0.4, -0.2) is 30.7 Å². The first-order valence-corrected chi connectivity index (χ1v) is 4.72. The standard InChI is InChI=1S/C9H14N2O2/c1-2-13-9(12)8-7-4-3-5-11(7)6-10-8/h10H,2-6H2,1H3. The van der Waals surface area contributed by atoms with Crippen molar-refractivity contribution in [1.82, 2.24) is 10.2 Å². The zero-order valence-corrected chi connectivity index (χ0v) is 7.80. The van der Waals surface area contributed by atoms with Crippen LogP contribution in [0.25, 0.3) is 0 Å². The Kier molecular flexibility index (Phi) is 2.12. The van der Waals surface area contributed by atoms with E-state index in [0.29, 0.717) is 12.3 Å². The lowest BCUT2D eigenvalue weighted by atomic mass is 10.2. The largest absolute Gasteiger partial charge is 0.461 e. The molecule has 0 aromatic carbocycles. The average Bonchev–Trinajstić information content (AvgIpc) is 2.62. The Morgan fingerprint density at radius 2 is 2.54 bits per heavy atom. The van der Waals surface area contributed by atoms with E-state index in [2.05, 4.69) is 10.2 Å². The first kappa shape index (κ1) is 8.41. The molecule has 0 unspecified atom stereocenters. The van der Waals surface area contributed by atoms with E-state index in [0.717, 1.165) is 31.8 Å². The van der Waals surface area contributed by atoms with Crippen molar-refractivity contribution in [2.75, 3.05) is 19.8 Å². The van der Waals surface area contributed by atoms with Gasteiger partial charge in [0.2, 0.25) is 0 Å². The van der Waals surface area contributed by atoms with Crippen LogP contribution >= 0.6 is 0 Å². The fourth-order valence-corrected chi connectivity index (χ4v) is 1.86. The van der Waals surface area contributed by atoms with Gasteiger partial charge < -0.3 is 15.0 Å². The minimum absolute atomic E-state index is 0.207. The molecular weight excluding hydrogens is 168 g/mol. The van der Waals surface area contributed by atoms with Gasteiger partial charge in [-0.1, -0.05) is 0 Å². The highest BCUT2D eigenvalue weighted by molar-refractivity contribution is 5.89. The van der Waals surface area contributed by atoms with E-state index in [9.17, 15) is 4.79 Å². The third kappa shape index (κ3) is 1.36. The van der Waals surface area contributed by atoms with Gasteiger partial charge in [0.1, 0.15) is 5.70 Å². The normalized spacial score (nSPS) is 20.2. The summed E-state index contributed by atoms with van der Waals surface area (Å²) in [5, 5.41) is 3.07. The van der Waals surface area contributed by atoms with Gasteiger partial charge in [-0.25, -0.2) is 4.79 Å². The molecule has 0 amide bonds. The molecule has 0 saturated carbocycles. The minimum atomic E-state index is -0.207. The van der Waals surface area contributed by atoms with E-state index in [1.807, 2.05) is 6.92 Å². The van der Waals surface area contributed by atoms with Crippen molar-refractivity contribution in [1.29, 1.82) is 0 Å². The summed E-state index contributed by atoms with van der Waals surface area (Å²) in [6.45, 7) is 4.09. The van der Waals surface area contributed by atoms with Crippen molar-refractivity contribution < 1.29 is 9.53 Å². The van der Waals surface area contributed by atoms with Crippen molar-refractivity contribution in [2.45, 2.75) is 19.8 Å². The Bertz CT molecular complexity index is 260. The second-order valence-electron chi connectivity index (χ2n) is 3.24. The van der Waals surface area contributed by atoms with Crippen LogP contribution in [-0.2, 0) is 9.53 Å². The van der Waals surface area contributed by atoms with E-state index in [4.69, 9.17) is 4.74 Å². The number of rotatable bonds is 2. The van der Waals surface area contributed by atoms with Gasteiger partial charge in [0.25, 0.3) is 0 Å². The first-order valence-electron chi connectivity index (χ1n) is 4.72. The van der Waals surface area contributed by atoms with Gasteiger partial charge in [-0.3, -0.25) is 0 Å². The van der Waals surface area contributed by atoms with Crippen LogP contribution < -0.4 is 5.32 Å². The third-order valence-electron chi connectivity index (χ3n) is 2.44. The number of hydrogen-bond acceptors (Lipinski definition) is 4. The minimum Gasteiger partial charge on any atom is -0.461 e. The van der Waals surface area contributed by atoms with E-state index in [1.54, 1.807) is 0 Å². The monoisotopic (exact) mass is 182 g/mol. The van der Waals surface area contributed by atoms with Crippen molar-refractivity contribution in [2.24, 2.45) is 0 Å². The maximum absolute atomic E-state index is 11.4. The van der Waals surface area contributed by atoms with E-state index < -0.39 is 0 Å². The number of fused-ring (bicyclic) bond motifs is 1. The van der Waals surface area contributed by atoms with E-state index >= 15 is 0 Å². The number of carbonyl (C=O) groups is 1. The summed E-state index contributed by atoms with van der Waals surface area (Å²) in [6.07, 6.45) is 2.15. The van der Waals surface area contributed by atoms with Crippen LogP contribution in [0.5, 0.6) is 0 Å². The Morgan fingerprint density at radius 3 is 3.31 bits per heavy atom. The molecule has 2 rings (SSSR count). The summed E-state index contributed by atoms with van der Waals surface area (Å²) >= 11 is 0. The fraction of sp³-hybridized carbons (Fsp3) is 0.667. The zero-order chi connectivity index (χ0) is 9.26. The first-order chi connectivity index (χ1) is 6.33. The lowest BCUT2D eigenvalue weighted by molar-refractivity contribution is -0.138. The third-order valence-corrected chi connectivity index (χ3v) is 2.44. The van der Waals surface area contributed by atoms with Gasteiger partial charge in [-0.15, -0.1) is 0 Å². The number of carbonyl (C=O) groups excluding carboxylic acids is 1. The maximum Gasteiger partial charge on any atom is 0.356 e. The van der Waals surface area contributed by atoms with Crippen LogP contribution in [0.3, 0.4) is 0 Å². The second kappa shape index (κ2) is 3.28. The molecule has 13 heavy (non-hydrogen) atoms. The predicted octanol–water partition coefficient (Wildman–Crippen LogP) is 0.418. The number of nitrogens with zero attached hydrogens (tertiary/aromatic N) is 1. The quantitative estimate of drug-likeness (QED) is 0.628. The van der Waals surface area contributed by atoms with E-state index in [-0.39, 0.29) is 5.97 Å². The smallest absolute Gasteiger partial charge is 0.356 e. The number of ether oxygens (including phenoxy) is 1. The maximum atomic E-state index is 11.4. The van der Waals surface area contributed by atoms with Crippen molar-refractivity contribution in [3.63, 3.8) is 0 Å². The lowest BCUT2D eigenvalue weighted by Gasteiger charge is -2.09. The molecule has 1 fully saturated rings. The van der Waals surface area contributed by atoms with Crippen molar-refractivity contribution in [3.05, 3.63) is 11.4 Å². The van der Waals surface area contributed by atoms with Crippen LogP contribution in [0.1, 0.15) is 19.8 Å². The molecule has 4 heteroatoms. The molecule has 1 N–H and O–H groups in total. The Morgan fingerprint density at radius 1 is 1.69 bits per heavy atom. The van der Waals surface area contributed by atoms with Crippen molar-refractivity contribution >= 4 is 5.97 Å². The van der Waals surface area contributed by atoms with Gasteiger partial charge >= 0.3 is 5.97 Å². The number of nitrogens with one attached hydrogen (secondary N) is 1. The van der Waals surface area contributed by atoms with Gasteiger partial charge in [-0.05, 0) is 19.8 Å². The molecule has 0 bridgehead atoms. The Labute approximate surface area is 77.5 Å². The predicted molar refractivity (Wildman–Crippen MR) is 47.6 cm³/mol. The summed E-state index contributed by atoms with van der Waals surface area (Å²) in [6, 6.07) is 0. The summed E-state index contributed by atoms with van der Waals surface area (Å²) < 4.78 is 4.95. The number of esters is 1. The summed E-state index contributed by atoms with van der Waals surface area (Å²) in [7, 11) is 0. The average molecular weight is 182 g/mol. The topological polar surface area (TPSA) is 41.6 Å². The molecule has 0 spiro atoms. The summed E-state index contributed by atoms with van der Waals surface area (Å²) in [5.74, 6) is -0.207. The van der Waals surface area contributed by atoms with E-state index in [1.165, 1.54) is 0 Å². The summed E-state index contributed by atoms with van der Waals surface area (Å²) in [5.41, 5.74) is 1.82. The molecular formula is C9H14N2O2. The number of hydrogen-bond donors (Lipinski definition) is 1. The molecule has 0 aromatic heterocycles. The molecule has 0 atom stereocenters.